The molecule has 24 heavy (non-hydrogen) atoms. The predicted octanol–water partition coefficient (Wildman–Crippen LogP) is 4.50. The first kappa shape index (κ1) is 19.9. The van der Waals surface area contributed by atoms with Gasteiger partial charge in [-0.1, -0.05) is 58.2 Å². The van der Waals surface area contributed by atoms with Gasteiger partial charge in [0.25, 0.3) is 0 Å². The third-order valence-corrected chi connectivity index (χ3v) is 4.03. The molecule has 0 radical (unpaired) electrons. The van der Waals surface area contributed by atoms with Crippen LogP contribution < -0.4 is 5.32 Å². The summed E-state index contributed by atoms with van der Waals surface area (Å²) in [5.41, 5.74) is 1.83. The van der Waals surface area contributed by atoms with Crippen molar-refractivity contribution in [1.29, 1.82) is 0 Å². The Morgan fingerprint density at radius 1 is 1.17 bits per heavy atom. The molecule has 1 aromatic carbocycles. The van der Waals surface area contributed by atoms with Crippen LogP contribution in [0.5, 0.6) is 0 Å². The van der Waals surface area contributed by atoms with E-state index in [-0.39, 0.29) is 5.91 Å². The molecule has 1 amide bonds. The van der Waals surface area contributed by atoms with Crippen molar-refractivity contribution in [2.24, 2.45) is 5.92 Å². The van der Waals surface area contributed by atoms with E-state index in [4.69, 9.17) is 4.74 Å². The Morgan fingerprint density at radius 3 is 2.58 bits per heavy atom. The fourth-order valence-corrected chi connectivity index (χ4v) is 2.41. The molecular weight excluding hydrogens is 302 g/mol. The van der Waals surface area contributed by atoms with E-state index in [1.807, 2.05) is 31.2 Å². The normalized spacial score (nSPS) is 12.1. The highest BCUT2D eigenvalue weighted by Gasteiger charge is 2.09. The summed E-state index contributed by atoms with van der Waals surface area (Å²) in [6.07, 6.45) is 7.59. The quantitative estimate of drug-likeness (QED) is 0.507. The number of anilines is 1. The molecule has 4 nitrogen and oxygen atoms in total. The van der Waals surface area contributed by atoms with Crippen molar-refractivity contribution in [1.82, 2.24) is 0 Å². The molecule has 1 rings (SSSR count). The zero-order valence-corrected chi connectivity index (χ0v) is 15.0. The Bertz CT molecular complexity index is 552. The van der Waals surface area contributed by atoms with E-state index in [1.54, 1.807) is 0 Å². The van der Waals surface area contributed by atoms with Crippen molar-refractivity contribution in [3.05, 3.63) is 42.0 Å². The Balaban J connectivity index is 2.44. The number of amides is 1. The first-order valence-corrected chi connectivity index (χ1v) is 8.84. The first-order valence-electron chi connectivity index (χ1n) is 8.84. The van der Waals surface area contributed by atoms with E-state index in [1.165, 1.54) is 12.2 Å². The average molecular weight is 331 g/mol. The second-order valence-corrected chi connectivity index (χ2v) is 5.88. The number of hydrogen-bond donors (Lipinski definition) is 1. The van der Waals surface area contributed by atoms with E-state index in [0.717, 1.165) is 43.4 Å². The number of unbranched alkanes of at least 4 members (excludes halogenated alkanes) is 1. The van der Waals surface area contributed by atoms with Gasteiger partial charge in [-0.3, -0.25) is 4.79 Å². The lowest BCUT2D eigenvalue weighted by Crippen LogP contribution is -2.14. The summed E-state index contributed by atoms with van der Waals surface area (Å²) in [6, 6.07) is 7.62. The minimum absolute atomic E-state index is 0.328. The van der Waals surface area contributed by atoms with Crippen LogP contribution in [0.15, 0.2) is 36.4 Å². The zero-order valence-electron chi connectivity index (χ0n) is 15.0. The van der Waals surface area contributed by atoms with Gasteiger partial charge in [0.05, 0.1) is 6.61 Å². The number of benzene rings is 1. The van der Waals surface area contributed by atoms with Crippen molar-refractivity contribution in [2.45, 2.75) is 52.9 Å². The maximum Gasteiger partial charge on any atom is 0.330 e. The smallest absolute Gasteiger partial charge is 0.330 e. The number of carbonyl (C=O) groups excluding carboxylic acids is 2. The third-order valence-electron chi connectivity index (χ3n) is 4.03. The standard InChI is InChI=1S/C20H29NO3/c1-4-7-10-16(5-2)15-24-20(23)14-13-19(22)21-18-12-9-8-11-17(18)6-3/h8-9,11-14,16H,4-7,10,15H2,1-3H3,(H,21,22)/b14-13+. The van der Waals surface area contributed by atoms with Gasteiger partial charge in [0.2, 0.25) is 5.91 Å². The number of esters is 1. The summed E-state index contributed by atoms with van der Waals surface area (Å²) in [4.78, 5) is 23.6. The molecule has 0 aliphatic rings. The molecular formula is C20H29NO3. The van der Waals surface area contributed by atoms with Crippen LogP contribution >= 0.6 is 0 Å². The summed E-state index contributed by atoms with van der Waals surface area (Å²) < 4.78 is 5.23. The highest BCUT2D eigenvalue weighted by Crippen LogP contribution is 2.15. The lowest BCUT2D eigenvalue weighted by molar-refractivity contribution is -0.139. The van der Waals surface area contributed by atoms with Crippen LogP contribution in [0.25, 0.3) is 0 Å². The fraction of sp³-hybridized carbons (Fsp3) is 0.500. The molecule has 1 aromatic rings. The van der Waals surface area contributed by atoms with Gasteiger partial charge in [-0.05, 0) is 30.4 Å². The van der Waals surface area contributed by atoms with E-state index >= 15 is 0 Å². The van der Waals surface area contributed by atoms with Crippen LogP contribution in [0.4, 0.5) is 5.69 Å². The molecule has 0 aliphatic carbocycles. The number of para-hydroxylation sites is 1. The van der Waals surface area contributed by atoms with E-state index in [2.05, 4.69) is 19.2 Å². The van der Waals surface area contributed by atoms with Crippen LogP contribution in [-0.4, -0.2) is 18.5 Å². The van der Waals surface area contributed by atoms with Crippen molar-refractivity contribution in [2.75, 3.05) is 11.9 Å². The molecule has 0 saturated heterocycles. The summed E-state index contributed by atoms with van der Waals surface area (Å²) in [5.74, 6) is -0.401. The molecule has 0 aromatic heterocycles. The lowest BCUT2D eigenvalue weighted by Gasteiger charge is -2.13. The van der Waals surface area contributed by atoms with E-state index in [0.29, 0.717) is 12.5 Å². The lowest BCUT2D eigenvalue weighted by atomic mass is 10.0. The molecule has 0 bridgehead atoms. The maximum absolute atomic E-state index is 11.9. The molecule has 0 fully saturated rings. The summed E-state index contributed by atoms with van der Waals surface area (Å²) in [7, 11) is 0. The van der Waals surface area contributed by atoms with Crippen molar-refractivity contribution < 1.29 is 14.3 Å². The molecule has 1 N–H and O–H groups in total. The van der Waals surface area contributed by atoms with Crippen LogP contribution in [0.1, 0.15) is 52.0 Å². The average Bonchev–Trinajstić information content (AvgIpc) is 2.60. The van der Waals surface area contributed by atoms with Gasteiger partial charge in [0.15, 0.2) is 0 Å². The zero-order chi connectivity index (χ0) is 17.8. The molecule has 0 saturated carbocycles. The van der Waals surface area contributed by atoms with Gasteiger partial charge in [-0.15, -0.1) is 0 Å². The van der Waals surface area contributed by atoms with Gasteiger partial charge in [0.1, 0.15) is 0 Å². The summed E-state index contributed by atoms with van der Waals surface area (Å²) in [5, 5.41) is 2.79. The van der Waals surface area contributed by atoms with Crippen molar-refractivity contribution in [3.8, 4) is 0 Å². The molecule has 1 atom stereocenters. The maximum atomic E-state index is 11.9. The highest BCUT2D eigenvalue weighted by atomic mass is 16.5. The minimum Gasteiger partial charge on any atom is -0.462 e. The number of carbonyl (C=O) groups is 2. The summed E-state index contributed by atoms with van der Waals surface area (Å²) >= 11 is 0. The Morgan fingerprint density at radius 2 is 1.92 bits per heavy atom. The first-order chi connectivity index (χ1) is 11.6. The van der Waals surface area contributed by atoms with Crippen LogP contribution in [-0.2, 0) is 20.7 Å². The van der Waals surface area contributed by atoms with Crippen molar-refractivity contribution in [3.63, 3.8) is 0 Å². The van der Waals surface area contributed by atoms with Crippen LogP contribution in [0, 0.1) is 5.92 Å². The fourth-order valence-electron chi connectivity index (χ4n) is 2.41. The monoisotopic (exact) mass is 331 g/mol. The third kappa shape index (κ3) is 7.44. The van der Waals surface area contributed by atoms with Gasteiger partial charge in [-0.2, -0.15) is 0 Å². The number of nitrogens with one attached hydrogen (secondary N) is 1. The Hall–Kier alpha value is -2.10. The topological polar surface area (TPSA) is 55.4 Å². The molecule has 0 aliphatic heterocycles. The van der Waals surface area contributed by atoms with Crippen molar-refractivity contribution >= 4 is 17.6 Å². The van der Waals surface area contributed by atoms with Gasteiger partial charge in [-0.25, -0.2) is 4.79 Å². The number of aryl methyl sites for hydroxylation is 1. The van der Waals surface area contributed by atoms with Crippen LogP contribution in [0.3, 0.4) is 0 Å². The van der Waals surface area contributed by atoms with Crippen LogP contribution in [0.2, 0.25) is 0 Å². The van der Waals surface area contributed by atoms with Gasteiger partial charge in [0, 0.05) is 17.8 Å². The minimum atomic E-state index is -0.469. The molecule has 132 valence electrons. The number of ether oxygens (including phenoxy) is 1. The van der Waals surface area contributed by atoms with E-state index < -0.39 is 5.97 Å². The van der Waals surface area contributed by atoms with Gasteiger partial charge >= 0.3 is 5.97 Å². The highest BCUT2D eigenvalue weighted by molar-refractivity contribution is 6.02. The Labute approximate surface area is 145 Å². The van der Waals surface area contributed by atoms with E-state index in [9.17, 15) is 9.59 Å². The number of hydrogen-bond acceptors (Lipinski definition) is 3. The Kier molecular flexibility index (Phi) is 9.51. The van der Waals surface area contributed by atoms with Gasteiger partial charge < -0.3 is 10.1 Å². The summed E-state index contributed by atoms with van der Waals surface area (Å²) in [6.45, 7) is 6.69. The SMILES string of the molecule is CCCCC(CC)COC(=O)/C=C/C(=O)Nc1ccccc1CC. The number of rotatable bonds is 10. The second-order valence-electron chi connectivity index (χ2n) is 5.88. The predicted molar refractivity (Wildman–Crippen MR) is 97.9 cm³/mol. The molecule has 1 unspecified atom stereocenters. The second kappa shape index (κ2) is 11.4. The molecule has 0 heterocycles. The molecule has 0 spiro atoms. The largest absolute Gasteiger partial charge is 0.462 e. The molecule has 4 heteroatoms.